The van der Waals surface area contributed by atoms with Crippen LogP contribution in [0.25, 0.3) is 0 Å². The molecule has 7 nitrogen and oxygen atoms in total. The Bertz CT molecular complexity index is 533. The molecule has 0 unspecified atom stereocenters. The van der Waals surface area contributed by atoms with E-state index in [9.17, 15) is 13.2 Å². The van der Waals surface area contributed by atoms with Gasteiger partial charge in [0.25, 0.3) is 0 Å². The summed E-state index contributed by atoms with van der Waals surface area (Å²) in [6.45, 7) is 3.77. The topological polar surface area (TPSA) is 106 Å². The van der Waals surface area contributed by atoms with Crippen molar-refractivity contribution in [2.45, 2.75) is 20.4 Å². The lowest BCUT2D eigenvalue weighted by Crippen LogP contribution is -2.27. The number of hydrogen-bond acceptors (Lipinski definition) is 5. The third-order valence-corrected chi connectivity index (χ3v) is 3.65. The molecule has 0 spiro atoms. The van der Waals surface area contributed by atoms with Crippen molar-refractivity contribution in [3.63, 3.8) is 0 Å². The molecule has 1 aromatic heterocycles. The van der Waals surface area contributed by atoms with Gasteiger partial charge in [-0.15, -0.1) is 0 Å². The predicted octanol–water partition coefficient (Wildman–Crippen LogP) is 0.742. The van der Waals surface area contributed by atoms with Gasteiger partial charge >= 0.3 is 5.97 Å². The van der Waals surface area contributed by atoms with E-state index in [1.54, 1.807) is 6.92 Å². The van der Waals surface area contributed by atoms with Crippen LogP contribution in [0, 0.1) is 6.92 Å². The molecular formula is C11H17NO6S. The minimum atomic E-state index is -3.46. The number of sulfonamides is 1. The maximum atomic E-state index is 11.6. The average molecular weight is 291 g/mol. The second-order valence-electron chi connectivity index (χ2n) is 3.82. The van der Waals surface area contributed by atoms with Crippen molar-refractivity contribution in [2.24, 2.45) is 0 Å². The molecule has 0 atom stereocenters. The van der Waals surface area contributed by atoms with Crippen molar-refractivity contribution in [1.82, 2.24) is 4.72 Å². The van der Waals surface area contributed by atoms with Crippen LogP contribution in [-0.4, -0.2) is 38.5 Å². The fourth-order valence-electron chi connectivity index (χ4n) is 1.41. The zero-order chi connectivity index (χ0) is 14.5. The third kappa shape index (κ3) is 5.01. The predicted molar refractivity (Wildman–Crippen MR) is 67.5 cm³/mol. The van der Waals surface area contributed by atoms with Crippen LogP contribution in [0.15, 0.2) is 10.5 Å². The molecule has 1 heterocycles. The van der Waals surface area contributed by atoms with Crippen molar-refractivity contribution in [2.75, 3.05) is 19.0 Å². The minimum absolute atomic E-state index is 0.0310. The maximum Gasteiger partial charge on any atom is 0.339 e. The normalized spacial score (nSPS) is 11.7. The van der Waals surface area contributed by atoms with Crippen LogP contribution in [0.4, 0.5) is 0 Å². The van der Waals surface area contributed by atoms with Gasteiger partial charge in [-0.1, -0.05) is 0 Å². The van der Waals surface area contributed by atoms with E-state index in [1.165, 1.54) is 13.0 Å². The van der Waals surface area contributed by atoms with Crippen LogP contribution in [-0.2, 0) is 21.3 Å². The van der Waals surface area contributed by atoms with Crippen molar-refractivity contribution < 1.29 is 27.5 Å². The summed E-state index contributed by atoms with van der Waals surface area (Å²) in [4.78, 5) is 10.8. The number of aromatic carboxylic acids is 1. The number of furan rings is 1. The maximum absolute atomic E-state index is 11.6. The Labute approximate surface area is 111 Å². The lowest BCUT2D eigenvalue weighted by Gasteiger charge is -2.05. The minimum Gasteiger partial charge on any atom is -0.478 e. The first-order valence-corrected chi connectivity index (χ1v) is 7.38. The molecule has 0 aliphatic rings. The third-order valence-electron chi connectivity index (χ3n) is 2.37. The van der Waals surface area contributed by atoms with Crippen molar-refractivity contribution >= 4 is 16.0 Å². The van der Waals surface area contributed by atoms with Crippen molar-refractivity contribution in [3.8, 4) is 0 Å². The van der Waals surface area contributed by atoms with E-state index in [0.717, 1.165) is 0 Å². The monoisotopic (exact) mass is 291 g/mol. The summed E-state index contributed by atoms with van der Waals surface area (Å²) in [7, 11) is -3.46. The molecule has 0 aliphatic carbocycles. The van der Waals surface area contributed by atoms with Crippen molar-refractivity contribution in [1.29, 1.82) is 0 Å². The summed E-state index contributed by atoms with van der Waals surface area (Å²) in [6, 6.07) is 1.31. The molecule has 1 rings (SSSR count). The zero-order valence-corrected chi connectivity index (χ0v) is 11.6. The second kappa shape index (κ2) is 6.69. The van der Waals surface area contributed by atoms with E-state index < -0.39 is 16.0 Å². The Kier molecular flexibility index (Phi) is 5.52. The SMILES string of the molecule is CCOCCS(=O)(=O)NCc1cc(C(=O)O)c(C)o1. The summed E-state index contributed by atoms with van der Waals surface area (Å²) >= 11 is 0. The molecule has 0 radical (unpaired) electrons. The Hall–Kier alpha value is -1.38. The van der Waals surface area contributed by atoms with Gasteiger partial charge < -0.3 is 14.3 Å². The number of nitrogens with one attached hydrogen (secondary N) is 1. The van der Waals surface area contributed by atoms with Crippen LogP contribution < -0.4 is 4.72 Å². The lowest BCUT2D eigenvalue weighted by molar-refractivity contribution is 0.0695. The molecule has 0 aromatic carbocycles. The highest BCUT2D eigenvalue weighted by molar-refractivity contribution is 7.89. The second-order valence-corrected chi connectivity index (χ2v) is 5.75. The summed E-state index contributed by atoms with van der Waals surface area (Å²) in [5.41, 5.74) is 0.0310. The zero-order valence-electron chi connectivity index (χ0n) is 10.8. The first-order chi connectivity index (χ1) is 8.85. The smallest absolute Gasteiger partial charge is 0.339 e. The van der Waals surface area contributed by atoms with Gasteiger partial charge in [-0.05, 0) is 19.9 Å². The largest absolute Gasteiger partial charge is 0.478 e. The van der Waals surface area contributed by atoms with Gasteiger partial charge in [-0.2, -0.15) is 0 Å². The Morgan fingerprint density at radius 2 is 2.21 bits per heavy atom. The number of carbonyl (C=O) groups is 1. The summed E-state index contributed by atoms with van der Waals surface area (Å²) in [6.07, 6.45) is 0. The highest BCUT2D eigenvalue weighted by Crippen LogP contribution is 2.14. The van der Waals surface area contributed by atoms with Gasteiger partial charge in [0.1, 0.15) is 17.1 Å². The highest BCUT2D eigenvalue weighted by Gasteiger charge is 2.16. The van der Waals surface area contributed by atoms with Gasteiger partial charge in [0.05, 0.1) is 18.9 Å². The first kappa shape index (κ1) is 15.7. The molecule has 19 heavy (non-hydrogen) atoms. The Morgan fingerprint density at radius 1 is 1.53 bits per heavy atom. The molecule has 8 heteroatoms. The fraction of sp³-hybridized carbons (Fsp3) is 0.545. The van der Waals surface area contributed by atoms with Crippen LogP contribution in [0.3, 0.4) is 0 Å². The van der Waals surface area contributed by atoms with E-state index in [0.29, 0.717) is 6.61 Å². The highest BCUT2D eigenvalue weighted by atomic mass is 32.2. The summed E-state index contributed by atoms with van der Waals surface area (Å²) in [5.74, 6) is -0.746. The average Bonchev–Trinajstić information content (AvgIpc) is 2.69. The fourth-order valence-corrected chi connectivity index (χ4v) is 2.25. The van der Waals surface area contributed by atoms with Gasteiger partial charge in [-0.25, -0.2) is 17.9 Å². The number of aryl methyl sites for hydroxylation is 1. The van der Waals surface area contributed by atoms with E-state index in [2.05, 4.69) is 4.72 Å². The number of rotatable bonds is 8. The van der Waals surface area contributed by atoms with Crippen LogP contribution in [0.5, 0.6) is 0 Å². The molecule has 108 valence electrons. The quantitative estimate of drug-likeness (QED) is 0.684. The van der Waals surface area contributed by atoms with E-state index in [1.807, 2.05) is 0 Å². The van der Waals surface area contributed by atoms with Gasteiger partial charge in [0, 0.05) is 6.61 Å². The number of hydrogen-bond donors (Lipinski definition) is 2. The van der Waals surface area contributed by atoms with Gasteiger partial charge in [0.2, 0.25) is 10.0 Å². The number of ether oxygens (including phenoxy) is 1. The number of carboxylic acid groups (broad SMARTS) is 1. The molecule has 0 saturated carbocycles. The Balaban J connectivity index is 2.57. The summed E-state index contributed by atoms with van der Waals surface area (Å²) in [5, 5.41) is 8.84. The van der Waals surface area contributed by atoms with E-state index in [-0.39, 0.29) is 36.0 Å². The molecule has 1 aromatic rings. The van der Waals surface area contributed by atoms with Gasteiger partial charge in [-0.3, -0.25) is 0 Å². The van der Waals surface area contributed by atoms with Gasteiger partial charge in [0.15, 0.2) is 0 Å². The summed E-state index contributed by atoms with van der Waals surface area (Å²) < 4.78 is 35.5. The number of carboxylic acids is 1. The lowest BCUT2D eigenvalue weighted by atomic mass is 10.2. The van der Waals surface area contributed by atoms with Crippen LogP contribution in [0.1, 0.15) is 28.8 Å². The molecule has 0 fully saturated rings. The standard InChI is InChI=1S/C11H17NO6S/c1-3-17-4-5-19(15,16)12-7-9-6-10(11(13)14)8(2)18-9/h6,12H,3-5,7H2,1-2H3,(H,13,14). The van der Waals surface area contributed by atoms with E-state index >= 15 is 0 Å². The van der Waals surface area contributed by atoms with Crippen molar-refractivity contribution in [3.05, 3.63) is 23.2 Å². The molecular weight excluding hydrogens is 274 g/mol. The molecule has 2 N–H and O–H groups in total. The van der Waals surface area contributed by atoms with E-state index in [4.69, 9.17) is 14.3 Å². The first-order valence-electron chi connectivity index (χ1n) is 5.73. The Morgan fingerprint density at radius 3 is 2.74 bits per heavy atom. The molecule has 0 amide bonds. The molecule has 0 saturated heterocycles. The van der Waals surface area contributed by atoms with Crippen LogP contribution in [0.2, 0.25) is 0 Å². The molecule has 0 bridgehead atoms. The van der Waals surface area contributed by atoms with Crippen LogP contribution >= 0.6 is 0 Å². The molecule has 0 aliphatic heterocycles.